The molecule has 4 rings (SSSR count). The number of rotatable bonds is 7. The Labute approximate surface area is 194 Å². The maximum Gasteiger partial charge on any atom is 0.233 e. The third-order valence-corrected chi connectivity index (χ3v) is 3.86. The van der Waals surface area contributed by atoms with Gasteiger partial charge in [-0.15, -0.1) is 24.8 Å². The number of halogens is 4. The summed E-state index contributed by atoms with van der Waals surface area (Å²) in [6.07, 6.45) is 3.28. The Hall–Kier alpha value is -3.63. The van der Waals surface area contributed by atoms with Crippen molar-refractivity contribution in [2.24, 2.45) is 0 Å². The van der Waals surface area contributed by atoms with E-state index in [0.29, 0.717) is 23.7 Å². The second-order valence-corrected chi connectivity index (χ2v) is 6.09. The lowest BCUT2D eigenvalue weighted by Gasteiger charge is -2.11. The first-order chi connectivity index (χ1) is 14.6. The molecule has 4 aromatic rings. The normalized spacial score (nSPS) is 9.81. The van der Waals surface area contributed by atoms with Gasteiger partial charge in [-0.05, 0) is 54.6 Å². The van der Waals surface area contributed by atoms with E-state index in [2.05, 4.69) is 40.9 Å². The van der Waals surface area contributed by atoms with Crippen LogP contribution in [0.4, 0.5) is 38.0 Å². The van der Waals surface area contributed by atoms with Crippen LogP contribution in [0.1, 0.15) is 5.82 Å². The zero-order chi connectivity index (χ0) is 20.8. The Morgan fingerprint density at radius 1 is 0.625 bits per heavy atom. The first kappa shape index (κ1) is 24.6. The number of anilines is 5. The summed E-state index contributed by atoms with van der Waals surface area (Å²) in [6.45, 7) is 0.302. The van der Waals surface area contributed by atoms with Gasteiger partial charge < -0.3 is 16.0 Å². The highest BCUT2D eigenvalue weighted by Gasteiger charge is 2.09. The Morgan fingerprint density at radius 3 is 1.53 bits per heavy atom. The molecule has 0 bridgehead atoms. The van der Waals surface area contributed by atoms with Gasteiger partial charge >= 0.3 is 0 Å². The van der Waals surface area contributed by atoms with Crippen LogP contribution in [0.2, 0.25) is 0 Å². The third kappa shape index (κ3) is 6.96. The minimum atomic E-state index is -0.347. The van der Waals surface area contributed by atoms with E-state index in [-0.39, 0.29) is 54.3 Å². The first-order valence-electron chi connectivity index (χ1n) is 8.95. The molecule has 0 unspecified atom stereocenters. The van der Waals surface area contributed by atoms with Crippen molar-refractivity contribution >= 4 is 54.0 Å². The number of nitrogens with zero attached hydrogens (tertiary/aromatic N) is 5. The molecule has 0 saturated heterocycles. The molecular formula is C20H18Cl2F2N8. The highest BCUT2D eigenvalue weighted by atomic mass is 35.5. The summed E-state index contributed by atoms with van der Waals surface area (Å²) in [5.41, 5.74) is 1.21. The van der Waals surface area contributed by atoms with Gasteiger partial charge in [0.15, 0.2) is 0 Å². The van der Waals surface area contributed by atoms with Gasteiger partial charge in [0, 0.05) is 23.8 Å². The van der Waals surface area contributed by atoms with E-state index in [4.69, 9.17) is 0 Å². The molecule has 0 aliphatic heterocycles. The van der Waals surface area contributed by atoms with Crippen molar-refractivity contribution in [1.82, 2.24) is 24.9 Å². The summed E-state index contributed by atoms with van der Waals surface area (Å²) in [4.78, 5) is 21.3. The van der Waals surface area contributed by atoms with Crippen LogP contribution in [0.15, 0.2) is 67.0 Å². The summed E-state index contributed by atoms with van der Waals surface area (Å²) >= 11 is 0. The third-order valence-electron chi connectivity index (χ3n) is 3.86. The van der Waals surface area contributed by atoms with Crippen molar-refractivity contribution in [2.75, 3.05) is 16.0 Å². The van der Waals surface area contributed by atoms with Crippen molar-refractivity contribution in [2.45, 2.75) is 6.54 Å². The fraction of sp³-hybridized carbons (Fsp3) is 0.0500. The first-order valence-corrected chi connectivity index (χ1v) is 8.95. The molecular weight excluding hydrogens is 461 g/mol. The Balaban J connectivity index is 0.00000181. The molecule has 0 amide bonds. The topological polar surface area (TPSA) is 101 Å². The van der Waals surface area contributed by atoms with Crippen LogP contribution in [0.5, 0.6) is 0 Å². The van der Waals surface area contributed by atoms with Gasteiger partial charge in [-0.3, -0.25) is 0 Å². The molecule has 0 atom stereocenters. The number of aromatic nitrogens is 5. The minimum Gasteiger partial charge on any atom is -0.347 e. The van der Waals surface area contributed by atoms with Crippen LogP contribution >= 0.6 is 24.8 Å². The largest absolute Gasteiger partial charge is 0.347 e. The lowest BCUT2D eigenvalue weighted by molar-refractivity contribution is 0.627. The second-order valence-electron chi connectivity index (χ2n) is 6.09. The fourth-order valence-electron chi connectivity index (χ4n) is 2.47. The second kappa shape index (κ2) is 11.7. The van der Waals surface area contributed by atoms with E-state index in [1.165, 1.54) is 24.3 Å². The molecule has 8 nitrogen and oxygen atoms in total. The predicted octanol–water partition coefficient (Wildman–Crippen LogP) is 4.88. The van der Waals surface area contributed by atoms with Crippen molar-refractivity contribution in [1.29, 1.82) is 0 Å². The molecule has 2 heterocycles. The van der Waals surface area contributed by atoms with Crippen molar-refractivity contribution in [3.05, 3.63) is 84.4 Å². The molecule has 0 aliphatic rings. The molecule has 2 aromatic carbocycles. The lowest BCUT2D eigenvalue weighted by atomic mass is 10.3. The Morgan fingerprint density at radius 2 is 1.06 bits per heavy atom. The van der Waals surface area contributed by atoms with Crippen LogP contribution in [0, 0.1) is 11.6 Å². The van der Waals surface area contributed by atoms with E-state index in [1.54, 1.807) is 42.7 Å². The number of hydrogen-bond donors (Lipinski definition) is 3. The van der Waals surface area contributed by atoms with Crippen molar-refractivity contribution < 1.29 is 8.78 Å². The van der Waals surface area contributed by atoms with Gasteiger partial charge in [0.05, 0.1) is 6.54 Å². The average Bonchev–Trinajstić information content (AvgIpc) is 2.76. The van der Waals surface area contributed by atoms with Gasteiger partial charge in [0.2, 0.25) is 17.8 Å². The fourth-order valence-corrected chi connectivity index (χ4v) is 2.47. The maximum atomic E-state index is 13.2. The predicted molar refractivity (Wildman–Crippen MR) is 123 cm³/mol. The SMILES string of the molecule is Cl.Cl.Fc1ccc(Nc2nc(NCc3ncccn3)nc(Nc3ccc(F)cc3)n2)cc1. The van der Waals surface area contributed by atoms with Gasteiger partial charge in [-0.1, -0.05) is 0 Å². The van der Waals surface area contributed by atoms with Crippen LogP contribution < -0.4 is 16.0 Å². The highest BCUT2D eigenvalue weighted by molar-refractivity contribution is 5.85. The summed E-state index contributed by atoms with van der Waals surface area (Å²) in [7, 11) is 0. The van der Waals surface area contributed by atoms with Gasteiger partial charge in [-0.2, -0.15) is 15.0 Å². The van der Waals surface area contributed by atoms with Crippen LogP contribution in [0.25, 0.3) is 0 Å². The van der Waals surface area contributed by atoms with Crippen LogP contribution in [-0.2, 0) is 6.54 Å². The maximum absolute atomic E-state index is 13.2. The van der Waals surface area contributed by atoms with Gasteiger partial charge in [0.1, 0.15) is 17.5 Å². The monoisotopic (exact) mass is 478 g/mol. The minimum absolute atomic E-state index is 0. The molecule has 0 spiro atoms. The van der Waals surface area contributed by atoms with Crippen LogP contribution in [-0.4, -0.2) is 24.9 Å². The van der Waals surface area contributed by atoms with Gasteiger partial charge in [-0.25, -0.2) is 18.7 Å². The van der Waals surface area contributed by atoms with Crippen molar-refractivity contribution in [3.63, 3.8) is 0 Å². The summed E-state index contributed by atoms with van der Waals surface area (Å²) in [5.74, 6) is 0.612. The van der Waals surface area contributed by atoms with Crippen LogP contribution in [0.3, 0.4) is 0 Å². The molecule has 0 radical (unpaired) electrons. The molecule has 0 aliphatic carbocycles. The van der Waals surface area contributed by atoms with E-state index >= 15 is 0 Å². The summed E-state index contributed by atoms with van der Waals surface area (Å²) in [6, 6.07) is 13.3. The van der Waals surface area contributed by atoms with Gasteiger partial charge in [0.25, 0.3) is 0 Å². The Bertz CT molecular complexity index is 1050. The quantitative estimate of drug-likeness (QED) is 0.345. The molecule has 12 heteroatoms. The van der Waals surface area contributed by atoms with Crippen molar-refractivity contribution in [3.8, 4) is 0 Å². The molecule has 2 aromatic heterocycles. The van der Waals surface area contributed by atoms with E-state index in [0.717, 1.165) is 0 Å². The summed E-state index contributed by atoms with van der Waals surface area (Å²) in [5, 5.41) is 9.05. The Kier molecular flexibility index (Phi) is 8.99. The molecule has 3 N–H and O–H groups in total. The number of nitrogens with one attached hydrogen (secondary N) is 3. The number of benzene rings is 2. The highest BCUT2D eigenvalue weighted by Crippen LogP contribution is 2.19. The summed E-state index contributed by atoms with van der Waals surface area (Å²) < 4.78 is 26.3. The molecule has 0 saturated carbocycles. The van der Waals surface area contributed by atoms with E-state index in [9.17, 15) is 8.78 Å². The standard InChI is InChI=1S/C20H16F2N8.2ClH/c21-13-2-6-15(7-3-13)26-19-28-18(25-12-17-23-10-1-11-24-17)29-20(30-19)27-16-8-4-14(22)5-9-16;;/h1-11H,12H2,(H3,25,26,27,28,29,30);2*1H. The zero-order valence-corrected chi connectivity index (χ0v) is 18.0. The van der Waals surface area contributed by atoms with E-state index < -0.39 is 0 Å². The lowest BCUT2D eigenvalue weighted by Crippen LogP contribution is -2.11. The smallest absolute Gasteiger partial charge is 0.233 e. The zero-order valence-electron chi connectivity index (χ0n) is 16.4. The number of hydrogen-bond acceptors (Lipinski definition) is 8. The average molecular weight is 479 g/mol. The molecule has 166 valence electrons. The van der Waals surface area contributed by atoms with E-state index in [1.807, 2.05) is 0 Å². The molecule has 0 fully saturated rings. The molecule has 32 heavy (non-hydrogen) atoms.